The minimum atomic E-state index is 0.671. The Morgan fingerprint density at radius 2 is 2.30 bits per heavy atom. The zero-order valence-electron chi connectivity index (χ0n) is 11.3. The fraction of sp³-hybridized carbons (Fsp3) is 0.357. The van der Waals surface area contributed by atoms with Crippen molar-refractivity contribution in [2.24, 2.45) is 0 Å². The standard InChI is InChI=1S/C14H17BrClN3O/c1-2-20-9-3-7-19-8-6-17-14(19)18-11-4-5-12(15)13(16)10-11/h4-6,8,10H,2-3,7,9H2,1H3,(H,17,18). The first-order valence-electron chi connectivity index (χ1n) is 6.51. The number of imidazole rings is 1. The molecule has 0 aliphatic heterocycles. The molecule has 0 amide bonds. The first-order chi connectivity index (χ1) is 9.70. The van der Waals surface area contributed by atoms with Crippen LogP contribution in [0.1, 0.15) is 13.3 Å². The molecule has 6 heteroatoms. The molecule has 0 saturated carbocycles. The third-order valence-corrected chi connectivity index (χ3v) is 4.02. The van der Waals surface area contributed by atoms with Gasteiger partial charge in [0.15, 0.2) is 0 Å². The molecule has 0 bridgehead atoms. The van der Waals surface area contributed by atoms with Crippen LogP contribution >= 0.6 is 27.5 Å². The predicted molar refractivity (Wildman–Crippen MR) is 85.8 cm³/mol. The number of aryl methyl sites for hydroxylation is 1. The van der Waals surface area contributed by atoms with E-state index < -0.39 is 0 Å². The molecule has 0 fully saturated rings. The van der Waals surface area contributed by atoms with Gasteiger partial charge < -0.3 is 14.6 Å². The molecule has 0 radical (unpaired) electrons. The Bertz CT molecular complexity index is 559. The van der Waals surface area contributed by atoms with Gasteiger partial charge in [-0.15, -0.1) is 0 Å². The number of anilines is 2. The lowest BCUT2D eigenvalue weighted by atomic mass is 10.3. The van der Waals surface area contributed by atoms with E-state index in [0.29, 0.717) is 5.02 Å². The molecule has 0 saturated heterocycles. The van der Waals surface area contributed by atoms with Gasteiger partial charge in [0, 0.05) is 42.3 Å². The number of nitrogens with one attached hydrogen (secondary N) is 1. The quantitative estimate of drug-likeness (QED) is 0.742. The lowest BCUT2D eigenvalue weighted by Gasteiger charge is -2.10. The summed E-state index contributed by atoms with van der Waals surface area (Å²) in [5.41, 5.74) is 0.912. The summed E-state index contributed by atoms with van der Waals surface area (Å²) in [6, 6.07) is 5.73. The third-order valence-electron chi connectivity index (χ3n) is 2.78. The van der Waals surface area contributed by atoms with E-state index in [-0.39, 0.29) is 0 Å². The maximum atomic E-state index is 6.08. The Morgan fingerprint density at radius 1 is 1.45 bits per heavy atom. The molecule has 4 nitrogen and oxygen atoms in total. The molecule has 1 N–H and O–H groups in total. The monoisotopic (exact) mass is 357 g/mol. The van der Waals surface area contributed by atoms with Crippen LogP contribution in [0.5, 0.6) is 0 Å². The van der Waals surface area contributed by atoms with Gasteiger partial charge in [-0.2, -0.15) is 0 Å². The van der Waals surface area contributed by atoms with Gasteiger partial charge in [0.25, 0.3) is 0 Å². The summed E-state index contributed by atoms with van der Waals surface area (Å²) >= 11 is 9.46. The van der Waals surface area contributed by atoms with Crippen LogP contribution < -0.4 is 5.32 Å². The van der Waals surface area contributed by atoms with E-state index in [1.54, 1.807) is 6.20 Å². The highest BCUT2D eigenvalue weighted by Crippen LogP contribution is 2.27. The van der Waals surface area contributed by atoms with E-state index in [0.717, 1.165) is 42.3 Å². The smallest absolute Gasteiger partial charge is 0.207 e. The number of halogens is 2. The molecular formula is C14H17BrClN3O. The van der Waals surface area contributed by atoms with Crippen LogP contribution in [0.15, 0.2) is 35.1 Å². The Hall–Kier alpha value is -1.04. The Labute approximate surface area is 132 Å². The average molecular weight is 359 g/mol. The van der Waals surface area contributed by atoms with Crippen LogP contribution in [0.4, 0.5) is 11.6 Å². The second-order valence-electron chi connectivity index (χ2n) is 4.25. The van der Waals surface area contributed by atoms with Gasteiger partial charge in [-0.3, -0.25) is 0 Å². The van der Waals surface area contributed by atoms with Crippen molar-refractivity contribution in [3.63, 3.8) is 0 Å². The van der Waals surface area contributed by atoms with Gasteiger partial charge in [0.1, 0.15) is 0 Å². The van der Waals surface area contributed by atoms with Crippen LogP contribution in [0, 0.1) is 0 Å². The lowest BCUT2D eigenvalue weighted by molar-refractivity contribution is 0.142. The maximum absolute atomic E-state index is 6.08. The fourth-order valence-corrected chi connectivity index (χ4v) is 2.23. The van der Waals surface area contributed by atoms with Crippen LogP contribution in [0.25, 0.3) is 0 Å². The molecule has 108 valence electrons. The zero-order chi connectivity index (χ0) is 14.4. The molecule has 2 rings (SSSR count). The van der Waals surface area contributed by atoms with Crippen molar-refractivity contribution >= 4 is 39.2 Å². The summed E-state index contributed by atoms with van der Waals surface area (Å²) in [5, 5.41) is 3.94. The minimum absolute atomic E-state index is 0.671. The van der Waals surface area contributed by atoms with Crippen molar-refractivity contribution in [2.75, 3.05) is 18.5 Å². The normalized spacial score (nSPS) is 10.8. The molecule has 0 unspecified atom stereocenters. The predicted octanol–water partition coefficient (Wildman–Crippen LogP) is 4.47. The van der Waals surface area contributed by atoms with Crippen molar-refractivity contribution < 1.29 is 4.74 Å². The summed E-state index contributed by atoms with van der Waals surface area (Å²) in [7, 11) is 0. The fourth-order valence-electron chi connectivity index (χ4n) is 1.80. The van der Waals surface area contributed by atoms with Crippen molar-refractivity contribution in [2.45, 2.75) is 19.9 Å². The van der Waals surface area contributed by atoms with Crippen molar-refractivity contribution in [1.29, 1.82) is 0 Å². The summed E-state index contributed by atoms with van der Waals surface area (Å²) in [5.74, 6) is 0.805. The Balaban J connectivity index is 1.99. The van der Waals surface area contributed by atoms with Crippen LogP contribution in [-0.4, -0.2) is 22.8 Å². The minimum Gasteiger partial charge on any atom is -0.382 e. The van der Waals surface area contributed by atoms with Gasteiger partial charge in [-0.1, -0.05) is 11.6 Å². The first kappa shape index (κ1) is 15.4. The summed E-state index contributed by atoms with van der Waals surface area (Å²) < 4.78 is 8.29. The van der Waals surface area contributed by atoms with Gasteiger partial charge in [-0.05, 0) is 47.5 Å². The summed E-state index contributed by atoms with van der Waals surface area (Å²) in [4.78, 5) is 4.32. The maximum Gasteiger partial charge on any atom is 0.207 e. The molecule has 0 spiro atoms. The van der Waals surface area contributed by atoms with Crippen LogP contribution in [0.3, 0.4) is 0 Å². The SMILES string of the molecule is CCOCCCn1ccnc1Nc1ccc(Br)c(Cl)c1. The highest BCUT2D eigenvalue weighted by Gasteiger charge is 2.04. The van der Waals surface area contributed by atoms with Crippen LogP contribution in [0.2, 0.25) is 5.02 Å². The number of hydrogen-bond acceptors (Lipinski definition) is 3. The first-order valence-corrected chi connectivity index (χ1v) is 7.68. The van der Waals surface area contributed by atoms with E-state index >= 15 is 0 Å². The number of ether oxygens (including phenoxy) is 1. The van der Waals surface area contributed by atoms with Gasteiger partial charge >= 0.3 is 0 Å². The highest BCUT2D eigenvalue weighted by molar-refractivity contribution is 9.10. The molecule has 0 atom stereocenters. The third kappa shape index (κ3) is 4.23. The number of benzene rings is 1. The molecule has 1 aromatic heterocycles. The van der Waals surface area contributed by atoms with Gasteiger partial charge in [0.2, 0.25) is 5.95 Å². The lowest BCUT2D eigenvalue weighted by Crippen LogP contribution is -2.06. The second kappa shape index (κ2) is 7.67. The topological polar surface area (TPSA) is 39.1 Å². The van der Waals surface area contributed by atoms with Crippen LogP contribution in [-0.2, 0) is 11.3 Å². The highest BCUT2D eigenvalue weighted by atomic mass is 79.9. The van der Waals surface area contributed by atoms with Crippen molar-refractivity contribution in [1.82, 2.24) is 9.55 Å². The summed E-state index contributed by atoms with van der Waals surface area (Å²) in [6.07, 6.45) is 4.69. The molecule has 2 aromatic rings. The molecular weight excluding hydrogens is 342 g/mol. The van der Waals surface area contributed by atoms with E-state index in [4.69, 9.17) is 16.3 Å². The number of hydrogen-bond donors (Lipinski definition) is 1. The zero-order valence-corrected chi connectivity index (χ0v) is 13.6. The molecule has 0 aliphatic carbocycles. The largest absolute Gasteiger partial charge is 0.382 e. The van der Waals surface area contributed by atoms with E-state index in [1.165, 1.54) is 0 Å². The van der Waals surface area contributed by atoms with Gasteiger partial charge in [0.05, 0.1) is 5.02 Å². The second-order valence-corrected chi connectivity index (χ2v) is 5.51. The van der Waals surface area contributed by atoms with E-state index in [1.807, 2.05) is 31.3 Å². The van der Waals surface area contributed by atoms with Crippen molar-refractivity contribution in [3.8, 4) is 0 Å². The van der Waals surface area contributed by atoms with Crippen molar-refractivity contribution in [3.05, 3.63) is 40.1 Å². The Morgan fingerprint density at radius 3 is 3.05 bits per heavy atom. The van der Waals surface area contributed by atoms with E-state index in [9.17, 15) is 0 Å². The molecule has 1 aromatic carbocycles. The molecule has 1 heterocycles. The summed E-state index contributed by atoms with van der Waals surface area (Å²) in [6.45, 7) is 4.39. The number of aromatic nitrogens is 2. The van der Waals surface area contributed by atoms with E-state index in [2.05, 4.69) is 30.8 Å². The average Bonchev–Trinajstić information content (AvgIpc) is 2.86. The molecule has 0 aliphatic rings. The van der Waals surface area contributed by atoms with Gasteiger partial charge in [-0.25, -0.2) is 4.98 Å². The number of rotatable bonds is 7. The number of nitrogens with zero attached hydrogens (tertiary/aromatic N) is 2. The molecule has 20 heavy (non-hydrogen) atoms. The Kier molecular flexibility index (Phi) is 5.88.